The fourth-order valence-electron chi connectivity index (χ4n) is 2.70. The summed E-state index contributed by atoms with van der Waals surface area (Å²) in [4.78, 5) is 29.2. The van der Waals surface area contributed by atoms with E-state index in [-0.39, 0.29) is 6.42 Å². The molecule has 0 fully saturated rings. The van der Waals surface area contributed by atoms with Gasteiger partial charge in [-0.25, -0.2) is 14.6 Å². The first kappa shape index (κ1) is 18.9. The average molecular weight is 387 g/mol. The number of hydrogen-bond acceptors (Lipinski definition) is 5. The zero-order valence-corrected chi connectivity index (χ0v) is 16.1. The monoisotopic (exact) mass is 387 g/mol. The average Bonchev–Trinajstić information content (AvgIpc) is 3.15. The molecular formula is C19H21N3O4S. The second kappa shape index (κ2) is 7.40. The van der Waals surface area contributed by atoms with Gasteiger partial charge in [0, 0.05) is 23.6 Å². The molecule has 0 radical (unpaired) electrons. The molecule has 0 spiro atoms. The summed E-state index contributed by atoms with van der Waals surface area (Å²) in [5.41, 5.74) is 1.62. The van der Waals surface area contributed by atoms with E-state index in [1.807, 2.05) is 46.3 Å². The highest BCUT2D eigenvalue weighted by atomic mass is 32.1. The largest absolute Gasteiger partial charge is 0.480 e. The minimum atomic E-state index is -1.14. The first-order chi connectivity index (χ1) is 12.7. The van der Waals surface area contributed by atoms with Gasteiger partial charge in [0.15, 0.2) is 4.96 Å². The van der Waals surface area contributed by atoms with Gasteiger partial charge in [-0.15, -0.1) is 11.3 Å². The van der Waals surface area contributed by atoms with Crippen molar-refractivity contribution in [3.8, 4) is 11.3 Å². The van der Waals surface area contributed by atoms with Crippen molar-refractivity contribution < 1.29 is 19.4 Å². The van der Waals surface area contributed by atoms with Crippen molar-refractivity contribution in [2.75, 3.05) is 0 Å². The number of thiazole rings is 1. The zero-order valence-electron chi connectivity index (χ0n) is 15.3. The van der Waals surface area contributed by atoms with Crippen molar-refractivity contribution in [3.05, 3.63) is 47.6 Å². The summed E-state index contributed by atoms with van der Waals surface area (Å²) < 4.78 is 7.05. The number of carboxylic acids is 1. The van der Waals surface area contributed by atoms with Gasteiger partial charge in [0.2, 0.25) is 0 Å². The number of nitrogens with zero attached hydrogens (tertiary/aromatic N) is 2. The molecule has 0 aliphatic rings. The number of carboxylic acid groups (broad SMARTS) is 1. The molecule has 3 rings (SSSR count). The van der Waals surface area contributed by atoms with E-state index < -0.39 is 23.7 Å². The highest BCUT2D eigenvalue weighted by molar-refractivity contribution is 7.15. The Morgan fingerprint density at radius 3 is 2.63 bits per heavy atom. The molecule has 2 N–H and O–H groups in total. The zero-order chi connectivity index (χ0) is 19.6. The number of carbonyl (C=O) groups excluding carboxylic acids is 1. The normalized spacial score (nSPS) is 12.7. The van der Waals surface area contributed by atoms with Gasteiger partial charge in [-0.2, -0.15) is 0 Å². The molecule has 0 saturated heterocycles. The predicted octanol–water partition coefficient (Wildman–Crippen LogP) is 3.58. The molecule has 27 heavy (non-hydrogen) atoms. The number of carbonyl (C=O) groups is 2. The van der Waals surface area contributed by atoms with E-state index in [2.05, 4.69) is 10.3 Å². The third kappa shape index (κ3) is 4.46. The summed E-state index contributed by atoms with van der Waals surface area (Å²) in [5, 5.41) is 13.9. The molecule has 1 unspecified atom stereocenters. The van der Waals surface area contributed by atoms with Crippen LogP contribution in [0.2, 0.25) is 0 Å². The number of imidazole rings is 1. The Morgan fingerprint density at radius 2 is 2.00 bits per heavy atom. The van der Waals surface area contributed by atoms with Gasteiger partial charge in [-0.05, 0) is 20.8 Å². The number of aromatic nitrogens is 2. The lowest BCUT2D eigenvalue weighted by Gasteiger charge is -2.22. The van der Waals surface area contributed by atoms with Gasteiger partial charge >= 0.3 is 12.1 Å². The summed E-state index contributed by atoms with van der Waals surface area (Å²) in [6.45, 7) is 5.17. The van der Waals surface area contributed by atoms with Crippen LogP contribution < -0.4 is 5.32 Å². The van der Waals surface area contributed by atoms with E-state index >= 15 is 0 Å². The van der Waals surface area contributed by atoms with Crippen LogP contribution in [0, 0.1) is 0 Å². The maximum atomic E-state index is 12.1. The lowest BCUT2D eigenvalue weighted by atomic mass is 10.1. The number of ether oxygens (including phenoxy) is 1. The molecule has 7 nitrogen and oxygen atoms in total. The van der Waals surface area contributed by atoms with Crippen molar-refractivity contribution in [1.29, 1.82) is 0 Å². The molecule has 1 aromatic carbocycles. The maximum absolute atomic E-state index is 12.1. The van der Waals surface area contributed by atoms with E-state index in [4.69, 9.17) is 4.74 Å². The fraction of sp³-hybridized carbons (Fsp3) is 0.316. The molecule has 2 heterocycles. The highest BCUT2D eigenvalue weighted by Gasteiger charge is 2.27. The van der Waals surface area contributed by atoms with Crippen LogP contribution in [0.3, 0.4) is 0 Å². The molecule has 1 atom stereocenters. The molecule has 2 aromatic heterocycles. The Balaban J connectivity index is 1.92. The van der Waals surface area contributed by atoms with Crippen LogP contribution >= 0.6 is 11.3 Å². The minimum absolute atomic E-state index is 0.0801. The Labute approximate surface area is 160 Å². The lowest BCUT2D eigenvalue weighted by molar-refractivity contribution is -0.139. The quantitative estimate of drug-likeness (QED) is 0.698. The molecule has 0 aliphatic heterocycles. The third-order valence-electron chi connectivity index (χ3n) is 3.79. The Hall–Kier alpha value is -2.87. The Kier molecular flexibility index (Phi) is 5.18. The topological polar surface area (TPSA) is 92.9 Å². The number of rotatable bonds is 5. The van der Waals surface area contributed by atoms with Gasteiger partial charge in [-0.1, -0.05) is 30.3 Å². The number of aliphatic carboxylic acids is 1. The molecule has 0 saturated carbocycles. The van der Waals surface area contributed by atoms with Crippen molar-refractivity contribution in [2.45, 2.75) is 38.8 Å². The molecule has 3 aromatic rings. The van der Waals surface area contributed by atoms with E-state index in [0.29, 0.717) is 5.69 Å². The van der Waals surface area contributed by atoms with Crippen LogP contribution in [-0.2, 0) is 16.0 Å². The van der Waals surface area contributed by atoms with Crippen LogP contribution in [0.15, 0.2) is 41.9 Å². The molecule has 0 aliphatic carbocycles. The summed E-state index contributed by atoms with van der Waals surface area (Å²) in [7, 11) is 0. The van der Waals surface area contributed by atoms with Crippen molar-refractivity contribution >= 4 is 28.4 Å². The van der Waals surface area contributed by atoms with Gasteiger partial charge in [-0.3, -0.25) is 4.40 Å². The van der Waals surface area contributed by atoms with Crippen LogP contribution in [0.5, 0.6) is 0 Å². The molecule has 0 bridgehead atoms. The van der Waals surface area contributed by atoms with Crippen LogP contribution in [-0.4, -0.2) is 38.2 Å². The molecular weight excluding hydrogens is 366 g/mol. The number of hydrogen-bond donors (Lipinski definition) is 2. The Morgan fingerprint density at radius 1 is 1.30 bits per heavy atom. The van der Waals surface area contributed by atoms with Gasteiger partial charge in [0.1, 0.15) is 11.6 Å². The van der Waals surface area contributed by atoms with Gasteiger partial charge in [0.25, 0.3) is 0 Å². The molecule has 142 valence electrons. The summed E-state index contributed by atoms with van der Waals surface area (Å²) in [6.07, 6.45) is 1.17. The second-order valence-corrected chi connectivity index (χ2v) is 7.94. The minimum Gasteiger partial charge on any atom is -0.480 e. The maximum Gasteiger partial charge on any atom is 0.408 e. The first-order valence-corrected chi connectivity index (χ1v) is 9.35. The fourth-order valence-corrected chi connectivity index (χ4v) is 3.43. The van der Waals surface area contributed by atoms with Crippen LogP contribution in [0.25, 0.3) is 16.2 Å². The van der Waals surface area contributed by atoms with Crippen LogP contribution in [0.1, 0.15) is 26.5 Å². The van der Waals surface area contributed by atoms with Gasteiger partial charge in [0.05, 0.1) is 11.4 Å². The molecule has 1 amide bonds. The number of benzene rings is 1. The van der Waals surface area contributed by atoms with E-state index in [1.54, 1.807) is 20.8 Å². The Bertz CT molecular complexity index is 956. The highest BCUT2D eigenvalue weighted by Crippen LogP contribution is 2.27. The first-order valence-electron chi connectivity index (χ1n) is 8.47. The number of alkyl carbamates (subject to hydrolysis) is 1. The van der Waals surface area contributed by atoms with Crippen LogP contribution in [0.4, 0.5) is 4.79 Å². The molecule has 8 heteroatoms. The van der Waals surface area contributed by atoms with Gasteiger partial charge < -0.3 is 15.2 Å². The van der Waals surface area contributed by atoms with Crippen molar-refractivity contribution in [3.63, 3.8) is 0 Å². The summed E-state index contributed by atoms with van der Waals surface area (Å²) >= 11 is 1.47. The SMILES string of the molecule is CC(C)(C)OC(=O)NC(Cc1c(-c2ccccc2)nc2sccn12)C(=O)O. The van der Waals surface area contributed by atoms with E-state index in [0.717, 1.165) is 16.2 Å². The summed E-state index contributed by atoms with van der Waals surface area (Å²) in [5.74, 6) is -1.13. The second-order valence-electron chi connectivity index (χ2n) is 7.07. The smallest absolute Gasteiger partial charge is 0.408 e. The van der Waals surface area contributed by atoms with Crippen molar-refractivity contribution in [2.24, 2.45) is 0 Å². The lowest BCUT2D eigenvalue weighted by Crippen LogP contribution is -2.44. The van der Waals surface area contributed by atoms with E-state index in [1.165, 1.54) is 11.3 Å². The number of fused-ring (bicyclic) bond motifs is 1. The number of nitrogens with one attached hydrogen (secondary N) is 1. The van der Waals surface area contributed by atoms with Crippen molar-refractivity contribution in [1.82, 2.24) is 14.7 Å². The predicted molar refractivity (Wildman–Crippen MR) is 103 cm³/mol. The van der Waals surface area contributed by atoms with E-state index in [9.17, 15) is 14.7 Å². The number of amides is 1. The summed E-state index contributed by atoms with van der Waals surface area (Å²) in [6, 6.07) is 8.42. The third-order valence-corrected chi connectivity index (χ3v) is 4.55. The standard InChI is InChI=1S/C19H21N3O4S/c1-19(2,3)26-18(25)20-13(16(23)24)11-14-15(12-7-5-4-6-8-12)21-17-22(14)9-10-27-17/h4-10,13H,11H2,1-3H3,(H,20,25)(H,23,24).